The number of para-hydroxylation sites is 1. The summed E-state index contributed by atoms with van der Waals surface area (Å²) in [4.78, 5) is 2.50. The minimum Gasteiger partial charge on any atom is -0.492 e. The molecule has 1 N–H and O–H groups in total. The highest BCUT2D eigenvalue weighted by molar-refractivity contribution is 5.33. The van der Waals surface area contributed by atoms with Gasteiger partial charge in [-0.05, 0) is 18.0 Å². The van der Waals surface area contributed by atoms with Crippen molar-refractivity contribution in [1.82, 2.24) is 10.2 Å². The van der Waals surface area contributed by atoms with Crippen LogP contribution in [0.1, 0.15) is 26.3 Å². The first-order valence-corrected chi connectivity index (χ1v) is 7.24. The van der Waals surface area contributed by atoms with Crippen molar-refractivity contribution in [2.75, 3.05) is 32.8 Å². The second-order valence-corrected chi connectivity index (χ2v) is 6.11. The van der Waals surface area contributed by atoms with Gasteiger partial charge < -0.3 is 10.1 Å². The van der Waals surface area contributed by atoms with E-state index in [9.17, 15) is 0 Å². The Bertz CT molecular complexity index is 403. The lowest BCUT2D eigenvalue weighted by Gasteiger charge is -2.32. The molecule has 1 aliphatic heterocycles. The fraction of sp³-hybridized carbons (Fsp3) is 0.625. The molecule has 0 bridgehead atoms. The molecule has 0 unspecified atom stereocenters. The first kappa shape index (κ1) is 14.4. The van der Waals surface area contributed by atoms with E-state index in [0.29, 0.717) is 0 Å². The molecule has 1 aromatic rings. The molecule has 0 aromatic heterocycles. The molecule has 3 heteroatoms. The third-order valence-electron chi connectivity index (χ3n) is 3.54. The third-order valence-corrected chi connectivity index (χ3v) is 3.54. The van der Waals surface area contributed by atoms with Gasteiger partial charge in [-0.25, -0.2) is 0 Å². The molecule has 1 heterocycles. The smallest absolute Gasteiger partial charge is 0.123 e. The van der Waals surface area contributed by atoms with E-state index in [0.717, 1.165) is 45.1 Å². The summed E-state index contributed by atoms with van der Waals surface area (Å²) in [5, 5.41) is 3.45. The van der Waals surface area contributed by atoms with Gasteiger partial charge in [-0.3, -0.25) is 4.90 Å². The third kappa shape index (κ3) is 4.22. The summed E-state index contributed by atoms with van der Waals surface area (Å²) < 4.78 is 5.82. The molecule has 0 amide bonds. The van der Waals surface area contributed by atoms with Crippen LogP contribution in [0, 0.1) is 5.41 Å². The minimum atomic E-state index is 0.287. The first-order valence-electron chi connectivity index (χ1n) is 7.24. The lowest BCUT2D eigenvalue weighted by Crippen LogP contribution is -2.41. The van der Waals surface area contributed by atoms with Crippen LogP contribution in [0.15, 0.2) is 24.3 Å². The Hall–Kier alpha value is -1.06. The maximum atomic E-state index is 5.82. The maximum Gasteiger partial charge on any atom is 0.123 e. The van der Waals surface area contributed by atoms with Crippen LogP contribution in [0.2, 0.25) is 0 Å². The summed E-state index contributed by atoms with van der Waals surface area (Å²) in [7, 11) is 0. The van der Waals surface area contributed by atoms with Crippen molar-refractivity contribution in [3.63, 3.8) is 0 Å². The quantitative estimate of drug-likeness (QED) is 0.882. The Morgan fingerprint density at radius 2 is 2.11 bits per heavy atom. The van der Waals surface area contributed by atoms with Crippen molar-refractivity contribution in [1.29, 1.82) is 0 Å². The van der Waals surface area contributed by atoms with Gasteiger partial charge in [-0.2, -0.15) is 0 Å². The normalized spacial score (nSPS) is 16.6. The average molecular weight is 262 g/mol. The van der Waals surface area contributed by atoms with Crippen LogP contribution < -0.4 is 10.1 Å². The molecule has 0 saturated heterocycles. The zero-order chi connectivity index (χ0) is 13.7. The largest absolute Gasteiger partial charge is 0.492 e. The van der Waals surface area contributed by atoms with Crippen molar-refractivity contribution in [2.24, 2.45) is 5.41 Å². The predicted octanol–water partition coefficient (Wildman–Crippen LogP) is 2.52. The average Bonchev–Trinajstić information content (AvgIpc) is 2.57. The van der Waals surface area contributed by atoms with E-state index in [1.165, 1.54) is 5.56 Å². The fourth-order valence-electron chi connectivity index (χ4n) is 2.64. The SMILES string of the molecule is CCNCC(C)(C)CN1CCOc2ccccc2C1. The number of ether oxygens (including phenoxy) is 1. The monoisotopic (exact) mass is 262 g/mol. The van der Waals surface area contributed by atoms with Gasteiger partial charge in [0.25, 0.3) is 0 Å². The van der Waals surface area contributed by atoms with Gasteiger partial charge in [0.1, 0.15) is 12.4 Å². The van der Waals surface area contributed by atoms with E-state index in [1.807, 2.05) is 6.07 Å². The Morgan fingerprint density at radius 3 is 2.89 bits per heavy atom. The van der Waals surface area contributed by atoms with E-state index < -0.39 is 0 Å². The molecular weight excluding hydrogens is 236 g/mol. The van der Waals surface area contributed by atoms with Gasteiger partial charge in [0.15, 0.2) is 0 Å². The molecule has 1 aliphatic rings. The van der Waals surface area contributed by atoms with Crippen LogP contribution in [-0.4, -0.2) is 37.7 Å². The van der Waals surface area contributed by atoms with Gasteiger partial charge in [0.2, 0.25) is 0 Å². The molecule has 19 heavy (non-hydrogen) atoms. The van der Waals surface area contributed by atoms with Crippen molar-refractivity contribution in [3.8, 4) is 5.75 Å². The van der Waals surface area contributed by atoms with E-state index in [1.54, 1.807) is 0 Å². The van der Waals surface area contributed by atoms with Crippen molar-refractivity contribution < 1.29 is 4.74 Å². The Balaban J connectivity index is 1.98. The lowest BCUT2D eigenvalue weighted by atomic mass is 9.92. The maximum absolute atomic E-state index is 5.82. The molecule has 0 spiro atoms. The Labute approximate surface area is 116 Å². The summed E-state index contributed by atoms with van der Waals surface area (Å²) >= 11 is 0. The van der Waals surface area contributed by atoms with Gasteiger partial charge >= 0.3 is 0 Å². The molecule has 0 atom stereocenters. The van der Waals surface area contributed by atoms with Crippen molar-refractivity contribution >= 4 is 0 Å². The number of fused-ring (bicyclic) bond motifs is 1. The highest BCUT2D eigenvalue weighted by atomic mass is 16.5. The van der Waals surface area contributed by atoms with Crippen LogP contribution >= 0.6 is 0 Å². The highest BCUT2D eigenvalue weighted by Gasteiger charge is 2.23. The van der Waals surface area contributed by atoms with E-state index in [4.69, 9.17) is 4.74 Å². The zero-order valence-electron chi connectivity index (χ0n) is 12.4. The summed E-state index contributed by atoms with van der Waals surface area (Å²) in [6.07, 6.45) is 0. The first-order chi connectivity index (χ1) is 9.11. The van der Waals surface area contributed by atoms with Crippen LogP contribution in [0.5, 0.6) is 5.75 Å². The minimum absolute atomic E-state index is 0.287. The second kappa shape index (κ2) is 6.40. The Morgan fingerprint density at radius 1 is 1.32 bits per heavy atom. The van der Waals surface area contributed by atoms with Gasteiger partial charge in [-0.1, -0.05) is 39.0 Å². The molecule has 2 rings (SSSR count). The van der Waals surface area contributed by atoms with E-state index in [2.05, 4.69) is 49.2 Å². The van der Waals surface area contributed by atoms with Gasteiger partial charge in [0, 0.05) is 31.7 Å². The molecule has 0 radical (unpaired) electrons. The molecule has 0 saturated carbocycles. The summed E-state index contributed by atoms with van der Waals surface area (Å²) in [5.74, 6) is 1.05. The van der Waals surface area contributed by atoms with Crippen LogP contribution in [-0.2, 0) is 6.54 Å². The molecule has 1 aromatic carbocycles. The standard InChI is InChI=1S/C16H26N2O/c1-4-17-12-16(2,3)13-18-9-10-19-15-8-6-5-7-14(15)11-18/h5-8,17H,4,9-13H2,1-3H3. The molecular formula is C16H26N2O. The summed E-state index contributed by atoms with van der Waals surface area (Å²) in [6.45, 7) is 12.8. The Kier molecular flexibility index (Phi) is 4.83. The van der Waals surface area contributed by atoms with E-state index >= 15 is 0 Å². The molecule has 3 nitrogen and oxygen atoms in total. The second-order valence-electron chi connectivity index (χ2n) is 6.11. The molecule has 0 aliphatic carbocycles. The van der Waals surface area contributed by atoms with Crippen molar-refractivity contribution in [2.45, 2.75) is 27.3 Å². The molecule has 0 fully saturated rings. The van der Waals surface area contributed by atoms with Crippen LogP contribution in [0.25, 0.3) is 0 Å². The van der Waals surface area contributed by atoms with E-state index in [-0.39, 0.29) is 5.41 Å². The van der Waals surface area contributed by atoms with Gasteiger partial charge in [0.05, 0.1) is 0 Å². The number of rotatable bonds is 5. The fourth-order valence-corrected chi connectivity index (χ4v) is 2.64. The number of hydrogen-bond donors (Lipinski definition) is 1. The number of benzene rings is 1. The lowest BCUT2D eigenvalue weighted by molar-refractivity contribution is 0.156. The summed E-state index contributed by atoms with van der Waals surface area (Å²) in [5.41, 5.74) is 1.59. The topological polar surface area (TPSA) is 24.5 Å². The number of hydrogen-bond acceptors (Lipinski definition) is 3. The van der Waals surface area contributed by atoms with Crippen LogP contribution in [0.3, 0.4) is 0 Å². The number of nitrogens with zero attached hydrogens (tertiary/aromatic N) is 1. The highest BCUT2D eigenvalue weighted by Crippen LogP contribution is 2.25. The zero-order valence-corrected chi connectivity index (χ0v) is 12.4. The molecule has 106 valence electrons. The van der Waals surface area contributed by atoms with Gasteiger partial charge in [-0.15, -0.1) is 0 Å². The van der Waals surface area contributed by atoms with Crippen molar-refractivity contribution in [3.05, 3.63) is 29.8 Å². The van der Waals surface area contributed by atoms with Crippen LogP contribution in [0.4, 0.5) is 0 Å². The summed E-state index contributed by atoms with van der Waals surface area (Å²) in [6, 6.07) is 8.38. The number of nitrogens with one attached hydrogen (secondary N) is 1. The predicted molar refractivity (Wildman–Crippen MR) is 79.5 cm³/mol.